The average Bonchev–Trinajstić information content (AvgIpc) is 3.70. The Bertz CT molecular complexity index is 2610. The fourth-order valence-electron chi connectivity index (χ4n) is 5.98. The van der Waals surface area contributed by atoms with Gasteiger partial charge in [-0.05, 0) is 105 Å². The molecule has 58 heavy (non-hydrogen) atoms. The standard InChI is InChI=1S/C24H25N5O4S.C19H20N2O3/c1-6-22-28-29-24(34-22)27-23(30)26-16-7-8-18(14(3)13(16)2)33-19-9-10-25-17-12-21(32-5)20(31-4)11-15(17)19;1-11-12(2)16(6-5-14(11)20)24-17-7-8-21-15-10-19(23-4)18(22-3)9-13(15)17/h7-12H,6H2,1-5H3,(H2,26,27,29,30);5-10H,20H2,1-4H3. The highest BCUT2D eigenvalue weighted by molar-refractivity contribution is 7.15. The Kier molecular flexibility index (Phi) is 12.6. The van der Waals surface area contributed by atoms with Crippen molar-refractivity contribution in [2.75, 3.05) is 44.8 Å². The molecule has 300 valence electrons. The van der Waals surface area contributed by atoms with Crippen molar-refractivity contribution in [2.24, 2.45) is 0 Å². The summed E-state index contributed by atoms with van der Waals surface area (Å²) in [6.45, 7) is 9.84. The highest BCUT2D eigenvalue weighted by Crippen LogP contribution is 2.40. The Hall–Kier alpha value is -6.87. The lowest BCUT2D eigenvalue weighted by atomic mass is 10.1. The molecule has 0 aliphatic rings. The molecule has 0 saturated heterocycles. The molecule has 0 bridgehead atoms. The molecule has 0 spiro atoms. The van der Waals surface area contributed by atoms with Crippen LogP contribution in [-0.4, -0.2) is 54.6 Å². The third kappa shape index (κ3) is 8.74. The monoisotopic (exact) mass is 803 g/mol. The number of aryl methyl sites for hydroxylation is 1. The molecule has 0 atom stereocenters. The van der Waals surface area contributed by atoms with E-state index < -0.39 is 0 Å². The number of fused-ring (bicyclic) bond motifs is 2. The van der Waals surface area contributed by atoms with Gasteiger partial charge in [-0.2, -0.15) is 0 Å². The first-order valence-electron chi connectivity index (χ1n) is 18.2. The molecule has 0 saturated carbocycles. The quantitative estimate of drug-likeness (QED) is 0.106. The summed E-state index contributed by atoms with van der Waals surface area (Å²) in [6, 6.07) is 18.0. The molecular formula is C43H45N7O7S. The second-order valence-corrected chi connectivity index (χ2v) is 14.0. The molecule has 0 fully saturated rings. The largest absolute Gasteiger partial charge is 0.493 e. The normalized spacial score (nSPS) is 10.7. The maximum Gasteiger partial charge on any atom is 0.325 e. The van der Waals surface area contributed by atoms with Gasteiger partial charge in [-0.1, -0.05) is 18.3 Å². The Balaban J connectivity index is 0.000000208. The smallest absolute Gasteiger partial charge is 0.325 e. The van der Waals surface area contributed by atoms with Crippen LogP contribution in [0.4, 0.5) is 21.3 Å². The highest BCUT2D eigenvalue weighted by Gasteiger charge is 2.16. The molecule has 7 aromatic rings. The van der Waals surface area contributed by atoms with Gasteiger partial charge in [-0.25, -0.2) is 4.79 Å². The molecular weight excluding hydrogens is 759 g/mol. The predicted octanol–water partition coefficient (Wildman–Crippen LogP) is 9.96. The third-order valence-electron chi connectivity index (χ3n) is 9.61. The lowest BCUT2D eigenvalue weighted by Gasteiger charge is -2.16. The lowest BCUT2D eigenvalue weighted by Crippen LogP contribution is -2.20. The van der Waals surface area contributed by atoms with E-state index in [1.165, 1.54) is 11.3 Å². The summed E-state index contributed by atoms with van der Waals surface area (Å²) in [4.78, 5) is 21.2. The number of carbonyl (C=O) groups is 1. The Morgan fingerprint density at radius 3 is 1.60 bits per heavy atom. The number of anilines is 3. The van der Waals surface area contributed by atoms with E-state index in [2.05, 4.69) is 30.8 Å². The summed E-state index contributed by atoms with van der Waals surface area (Å²) in [7, 11) is 6.38. The zero-order valence-electron chi connectivity index (χ0n) is 33.8. The maximum absolute atomic E-state index is 12.4. The summed E-state index contributed by atoms with van der Waals surface area (Å²) in [5, 5.41) is 16.5. The van der Waals surface area contributed by atoms with Crippen LogP contribution >= 0.6 is 11.3 Å². The van der Waals surface area contributed by atoms with E-state index in [9.17, 15) is 4.79 Å². The van der Waals surface area contributed by atoms with Gasteiger partial charge in [0.05, 0.1) is 39.5 Å². The number of pyridine rings is 2. The van der Waals surface area contributed by atoms with Gasteiger partial charge < -0.3 is 39.5 Å². The molecule has 3 heterocycles. The topological polar surface area (TPSA) is 174 Å². The Labute approximate surface area is 340 Å². The summed E-state index contributed by atoms with van der Waals surface area (Å²) >= 11 is 1.35. The van der Waals surface area contributed by atoms with Crippen LogP contribution in [0, 0.1) is 27.7 Å². The number of nitrogens with one attached hydrogen (secondary N) is 2. The van der Waals surface area contributed by atoms with Gasteiger partial charge in [0.1, 0.15) is 28.0 Å². The number of hydrogen-bond donors (Lipinski definition) is 3. The van der Waals surface area contributed by atoms with E-state index in [-0.39, 0.29) is 6.03 Å². The molecule has 0 aliphatic heterocycles. The number of rotatable bonds is 11. The summed E-state index contributed by atoms with van der Waals surface area (Å²) in [5.41, 5.74) is 12.7. The lowest BCUT2D eigenvalue weighted by molar-refractivity contribution is 0.262. The number of hydrogen-bond acceptors (Lipinski definition) is 13. The van der Waals surface area contributed by atoms with Crippen LogP contribution < -0.4 is 44.8 Å². The molecule has 2 amide bonds. The first-order valence-corrected chi connectivity index (χ1v) is 19.0. The van der Waals surface area contributed by atoms with Crippen LogP contribution in [0.15, 0.2) is 73.1 Å². The first kappa shape index (κ1) is 40.8. The number of carbonyl (C=O) groups excluding carboxylic acids is 1. The molecule has 3 aromatic heterocycles. The van der Waals surface area contributed by atoms with E-state index >= 15 is 0 Å². The maximum atomic E-state index is 12.4. The number of methoxy groups -OCH3 is 4. The van der Waals surface area contributed by atoms with E-state index in [4.69, 9.17) is 34.2 Å². The number of ether oxygens (including phenoxy) is 6. The summed E-state index contributed by atoms with van der Waals surface area (Å²) < 4.78 is 33.9. The minimum atomic E-state index is -0.379. The van der Waals surface area contributed by atoms with Crippen LogP contribution in [0.1, 0.15) is 34.2 Å². The van der Waals surface area contributed by atoms with E-state index in [0.29, 0.717) is 51.1 Å². The van der Waals surface area contributed by atoms with Crippen LogP contribution in [0.25, 0.3) is 21.8 Å². The van der Waals surface area contributed by atoms with Gasteiger partial charge in [0.15, 0.2) is 23.0 Å². The minimum absolute atomic E-state index is 0.379. The molecule has 0 radical (unpaired) electrons. The molecule has 0 aliphatic carbocycles. The Morgan fingerprint density at radius 1 is 0.603 bits per heavy atom. The molecule has 0 unspecified atom stereocenters. The Morgan fingerprint density at radius 2 is 1.10 bits per heavy atom. The number of aromatic nitrogens is 4. The molecule has 4 aromatic carbocycles. The molecule has 7 rings (SSSR count). The van der Waals surface area contributed by atoms with Crippen molar-refractivity contribution in [3.8, 4) is 46.0 Å². The van der Waals surface area contributed by atoms with Crippen molar-refractivity contribution in [1.29, 1.82) is 0 Å². The number of nitrogens with two attached hydrogens (primary N) is 1. The van der Waals surface area contributed by atoms with Gasteiger partial charge in [-0.15, -0.1) is 10.2 Å². The average molecular weight is 804 g/mol. The highest BCUT2D eigenvalue weighted by atomic mass is 32.1. The van der Waals surface area contributed by atoms with Crippen LogP contribution in [-0.2, 0) is 6.42 Å². The van der Waals surface area contributed by atoms with Crippen molar-refractivity contribution in [2.45, 2.75) is 41.0 Å². The predicted molar refractivity (Wildman–Crippen MR) is 228 cm³/mol. The van der Waals surface area contributed by atoms with Crippen molar-refractivity contribution in [3.05, 3.63) is 100 Å². The van der Waals surface area contributed by atoms with Gasteiger partial charge in [0, 0.05) is 46.7 Å². The van der Waals surface area contributed by atoms with E-state index in [1.807, 2.05) is 89.2 Å². The molecule has 4 N–H and O–H groups in total. The van der Waals surface area contributed by atoms with Crippen molar-refractivity contribution >= 4 is 55.7 Å². The minimum Gasteiger partial charge on any atom is -0.493 e. The molecule has 15 heteroatoms. The van der Waals surface area contributed by atoms with Crippen molar-refractivity contribution < 1.29 is 33.2 Å². The van der Waals surface area contributed by atoms with Crippen LogP contribution in [0.3, 0.4) is 0 Å². The third-order valence-corrected chi connectivity index (χ3v) is 10.6. The first-order chi connectivity index (χ1) is 28.0. The SMILES string of the molecule is CCc1nnc(NC(=O)Nc2ccc(Oc3ccnc4cc(OC)c(OC)cc34)c(C)c2C)s1.COc1cc2nccc(Oc3ccc(N)c(C)c3C)c2cc1OC. The second-order valence-electron chi connectivity index (χ2n) is 13.0. The van der Waals surface area contributed by atoms with E-state index in [1.54, 1.807) is 46.9 Å². The van der Waals surface area contributed by atoms with Crippen molar-refractivity contribution in [3.63, 3.8) is 0 Å². The molecule has 14 nitrogen and oxygen atoms in total. The number of amides is 2. The zero-order chi connectivity index (χ0) is 41.5. The van der Waals surface area contributed by atoms with E-state index in [0.717, 1.165) is 66.9 Å². The number of nitrogen functional groups attached to an aromatic ring is 1. The fraction of sp³-hybridized carbons (Fsp3) is 0.233. The summed E-state index contributed by atoms with van der Waals surface area (Å²) in [6.07, 6.45) is 4.17. The number of urea groups is 1. The van der Waals surface area contributed by atoms with Gasteiger partial charge in [-0.3, -0.25) is 15.3 Å². The number of nitrogens with zero attached hydrogens (tertiary/aromatic N) is 4. The van der Waals surface area contributed by atoms with Gasteiger partial charge in [0.2, 0.25) is 5.13 Å². The van der Waals surface area contributed by atoms with Gasteiger partial charge in [0.25, 0.3) is 0 Å². The number of benzene rings is 4. The van der Waals surface area contributed by atoms with Crippen molar-refractivity contribution in [1.82, 2.24) is 20.2 Å². The summed E-state index contributed by atoms with van der Waals surface area (Å²) in [5.74, 6) is 5.23. The van der Waals surface area contributed by atoms with Gasteiger partial charge >= 0.3 is 6.03 Å². The van der Waals surface area contributed by atoms with Crippen LogP contribution in [0.5, 0.6) is 46.0 Å². The second kappa shape index (κ2) is 17.9. The zero-order valence-corrected chi connectivity index (χ0v) is 34.6. The fourth-order valence-corrected chi connectivity index (χ4v) is 6.65. The van der Waals surface area contributed by atoms with Crippen LogP contribution in [0.2, 0.25) is 0 Å².